The molecule has 3 nitrogen and oxygen atoms in total. The molecule has 11 heavy (non-hydrogen) atoms. The largest absolute Gasteiger partial charge is 1.00 e. The Balaban J connectivity index is 0. The first-order valence-corrected chi connectivity index (χ1v) is 3.55. The topological polar surface area (TPSA) is 60.4 Å². The molecule has 5 heteroatoms. The average Bonchev–Trinajstić information content (AvgIpc) is 1.90. The van der Waals surface area contributed by atoms with E-state index < -0.39 is 11.4 Å². The molecule has 1 rings (SSSR count). The van der Waals surface area contributed by atoms with Crippen molar-refractivity contribution in [3.05, 3.63) is 36.4 Å². The predicted molar refractivity (Wildman–Crippen MR) is 38.0 cm³/mol. The van der Waals surface area contributed by atoms with Crippen molar-refractivity contribution < 1.29 is 64.7 Å². The van der Waals surface area contributed by atoms with Gasteiger partial charge in [-0.2, -0.15) is 0 Å². The molecule has 0 aliphatic rings. The third-order valence-electron chi connectivity index (χ3n) is 0.667. The Labute approximate surface area is 111 Å². The molecule has 0 heterocycles. The summed E-state index contributed by atoms with van der Waals surface area (Å²) < 4.78 is 24.1. The van der Waals surface area contributed by atoms with Crippen LogP contribution >= 0.6 is 0 Å². The third-order valence-corrected chi connectivity index (χ3v) is 0.667. The van der Waals surface area contributed by atoms with Crippen molar-refractivity contribution in [3.63, 3.8) is 0 Å². The summed E-state index contributed by atoms with van der Waals surface area (Å²) in [5.74, 6) is 0. The molecule has 0 aromatic heterocycles. The maximum absolute atomic E-state index is 8.56. The molecular weight excluding hydrogens is 191 g/mol. The monoisotopic (exact) mass is 198 g/mol. The Kier molecular flexibility index (Phi) is 14.4. The van der Waals surface area contributed by atoms with Crippen LogP contribution in [-0.4, -0.2) is 13.3 Å². The van der Waals surface area contributed by atoms with Crippen LogP contribution in [0, 0.1) is 0 Å². The quantitative estimate of drug-likeness (QED) is 0.388. The molecule has 1 unspecified atom stereocenters. The number of benzene rings is 1. The van der Waals surface area contributed by atoms with E-state index in [1.807, 2.05) is 36.4 Å². The van der Waals surface area contributed by atoms with Crippen molar-refractivity contribution in [2.45, 2.75) is 0 Å². The number of hydrogen-bond donors (Lipinski definition) is 1. The van der Waals surface area contributed by atoms with Gasteiger partial charge in [-0.1, -0.05) is 36.4 Å². The maximum atomic E-state index is 8.56. The van der Waals surface area contributed by atoms with Gasteiger partial charge in [0.15, 0.2) is 0 Å². The summed E-state index contributed by atoms with van der Waals surface area (Å²) in [4.78, 5) is 0. The molecule has 1 aromatic rings. The van der Waals surface area contributed by atoms with Gasteiger partial charge in [0, 0.05) is 0 Å². The molecule has 0 radical (unpaired) electrons. The standard InChI is InChI=1S/C6H6.K.H2O3S/c1-2-4-6-5-3-1;;1-4(2)3/h1-6H;;(H2,1,2,3)/q;+1;/p-1. The molecule has 0 saturated carbocycles. The van der Waals surface area contributed by atoms with E-state index in [0.29, 0.717) is 0 Å². The Morgan fingerprint density at radius 3 is 1.18 bits per heavy atom. The summed E-state index contributed by atoms with van der Waals surface area (Å²) in [6.07, 6.45) is 0. The number of rotatable bonds is 0. The molecule has 0 saturated heterocycles. The fourth-order valence-electron chi connectivity index (χ4n) is 0.385. The predicted octanol–water partition coefficient (Wildman–Crippen LogP) is -1.97. The van der Waals surface area contributed by atoms with Crippen molar-refractivity contribution >= 4 is 11.4 Å². The molecule has 0 amide bonds. The van der Waals surface area contributed by atoms with Crippen molar-refractivity contribution in [3.8, 4) is 0 Å². The zero-order chi connectivity index (χ0) is 7.82. The normalized spacial score (nSPS) is 10.0. The van der Waals surface area contributed by atoms with E-state index in [0.717, 1.165) is 0 Å². The van der Waals surface area contributed by atoms with Crippen LogP contribution in [0.15, 0.2) is 36.4 Å². The van der Waals surface area contributed by atoms with Crippen molar-refractivity contribution in [1.29, 1.82) is 0 Å². The maximum Gasteiger partial charge on any atom is 1.00 e. The van der Waals surface area contributed by atoms with Crippen LogP contribution in [0.5, 0.6) is 0 Å². The van der Waals surface area contributed by atoms with Gasteiger partial charge in [-0.25, -0.2) is 4.21 Å². The van der Waals surface area contributed by atoms with Gasteiger partial charge >= 0.3 is 51.4 Å². The summed E-state index contributed by atoms with van der Waals surface area (Å²) in [5, 5.41) is 0. The van der Waals surface area contributed by atoms with Gasteiger partial charge in [0.2, 0.25) is 0 Å². The van der Waals surface area contributed by atoms with Crippen LogP contribution in [0.4, 0.5) is 0 Å². The first kappa shape index (κ1) is 14.5. The molecule has 0 aliphatic heterocycles. The molecule has 1 atom stereocenters. The van der Waals surface area contributed by atoms with E-state index in [-0.39, 0.29) is 51.4 Å². The van der Waals surface area contributed by atoms with Crippen molar-refractivity contribution in [2.75, 3.05) is 0 Å². The van der Waals surface area contributed by atoms with E-state index in [4.69, 9.17) is 13.3 Å². The van der Waals surface area contributed by atoms with Crippen LogP contribution < -0.4 is 51.4 Å². The summed E-state index contributed by atoms with van der Waals surface area (Å²) in [7, 11) is 0. The average molecular weight is 198 g/mol. The summed E-state index contributed by atoms with van der Waals surface area (Å²) in [6.45, 7) is 0. The Bertz CT molecular complexity index is 150. The summed E-state index contributed by atoms with van der Waals surface area (Å²) >= 11 is -2.86. The smallest absolute Gasteiger partial charge is 0.750 e. The van der Waals surface area contributed by atoms with Crippen LogP contribution in [0.1, 0.15) is 0 Å². The fourth-order valence-corrected chi connectivity index (χ4v) is 0.385. The van der Waals surface area contributed by atoms with E-state index >= 15 is 0 Å². The molecule has 1 N–H and O–H groups in total. The number of hydrogen-bond acceptors (Lipinski definition) is 2. The van der Waals surface area contributed by atoms with Gasteiger partial charge in [-0.05, 0) is 0 Å². The second-order valence-corrected chi connectivity index (χ2v) is 1.81. The molecule has 1 aromatic carbocycles. The Morgan fingerprint density at radius 2 is 1.09 bits per heavy atom. The molecule has 0 aliphatic carbocycles. The molecular formula is C6H7KO3S. The molecule has 0 spiro atoms. The minimum Gasteiger partial charge on any atom is -0.750 e. The fraction of sp³-hybridized carbons (Fsp3) is 0. The Morgan fingerprint density at radius 1 is 1.00 bits per heavy atom. The minimum atomic E-state index is -2.86. The van der Waals surface area contributed by atoms with Crippen LogP contribution in [0.2, 0.25) is 0 Å². The molecule has 0 bridgehead atoms. The van der Waals surface area contributed by atoms with E-state index in [1.165, 1.54) is 0 Å². The zero-order valence-electron chi connectivity index (χ0n) is 6.14. The van der Waals surface area contributed by atoms with Crippen LogP contribution in [-0.2, 0) is 11.4 Å². The van der Waals surface area contributed by atoms with Gasteiger partial charge in [0.25, 0.3) is 0 Å². The zero-order valence-corrected chi connectivity index (χ0v) is 10.1. The van der Waals surface area contributed by atoms with Gasteiger partial charge in [0.1, 0.15) is 0 Å². The van der Waals surface area contributed by atoms with E-state index in [1.54, 1.807) is 0 Å². The first-order valence-electron chi connectivity index (χ1n) is 2.52. The van der Waals surface area contributed by atoms with E-state index in [9.17, 15) is 0 Å². The van der Waals surface area contributed by atoms with Gasteiger partial charge < -0.3 is 9.11 Å². The first-order chi connectivity index (χ1) is 4.73. The molecule has 0 fully saturated rings. The summed E-state index contributed by atoms with van der Waals surface area (Å²) in [6, 6.07) is 12.0. The summed E-state index contributed by atoms with van der Waals surface area (Å²) in [5.41, 5.74) is 0. The third kappa shape index (κ3) is 18.1. The van der Waals surface area contributed by atoms with Crippen molar-refractivity contribution in [1.82, 2.24) is 0 Å². The van der Waals surface area contributed by atoms with Crippen LogP contribution in [0.3, 0.4) is 0 Å². The Hall–Kier alpha value is 0.926. The van der Waals surface area contributed by atoms with Crippen LogP contribution in [0.25, 0.3) is 0 Å². The SMILES string of the molecule is O=S([O-])O.[K+].c1ccccc1. The van der Waals surface area contributed by atoms with E-state index in [2.05, 4.69) is 0 Å². The van der Waals surface area contributed by atoms with Gasteiger partial charge in [0.05, 0.1) is 11.4 Å². The second-order valence-electron chi connectivity index (χ2n) is 1.37. The van der Waals surface area contributed by atoms with Gasteiger partial charge in [-0.15, -0.1) is 0 Å². The second kappa shape index (κ2) is 10.9. The minimum absolute atomic E-state index is 0. The van der Waals surface area contributed by atoms with Crippen molar-refractivity contribution in [2.24, 2.45) is 0 Å². The molecule has 56 valence electrons. The van der Waals surface area contributed by atoms with Gasteiger partial charge in [-0.3, -0.25) is 0 Å².